The van der Waals surface area contributed by atoms with E-state index in [-0.39, 0.29) is 36.8 Å². The number of halogens is 7. The van der Waals surface area contributed by atoms with Crippen LogP contribution in [0.4, 0.5) is 30.7 Å². The van der Waals surface area contributed by atoms with Crippen LogP contribution < -0.4 is 4.74 Å². The van der Waals surface area contributed by atoms with Gasteiger partial charge in [-0.15, -0.1) is 0 Å². The maximum absolute atomic E-state index is 15.1. The fraction of sp³-hybridized carbons (Fsp3) is 0.400. The molecule has 0 unspecified atom stereocenters. The van der Waals surface area contributed by atoms with E-state index in [1.165, 1.54) is 12.1 Å². The van der Waals surface area contributed by atoms with E-state index >= 15 is 17.6 Å². The fourth-order valence-electron chi connectivity index (χ4n) is 5.36. The largest absolute Gasteiger partial charge is 0.432 e. The topological polar surface area (TPSA) is 9.23 Å². The molecule has 0 amide bonds. The van der Waals surface area contributed by atoms with Crippen molar-refractivity contribution in [2.24, 2.45) is 5.92 Å². The van der Waals surface area contributed by atoms with Crippen LogP contribution in [-0.4, -0.2) is 12.5 Å². The lowest BCUT2D eigenvalue weighted by molar-refractivity contribution is -0.0718. The zero-order chi connectivity index (χ0) is 27.4. The molecule has 4 rings (SSSR count). The highest BCUT2D eigenvalue weighted by atomic mass is 19.3. The summed E-state index contributed by atoms with van der Waals surface area (Å²) in [6.45, 7) is -1.16. The minimum Gasteiger partial charge on any atom is -0.432 e. The lowest BCUT2D eigenvalue weighted by atomic mass is 9.75. The number of hydrogen-bond acceptors (Lipinski definition) is 1. The molecule has 204 valence electrons. The number of rotatable bonds is 9. The van der Waals surface area contributed by atoms with E-state index < -0.39 is 54.0 Å². The van der Waals surface area contributed by atoms with E-state index in [4.69, 9.17) is 0 Å². The second kappa shape index (κ2) is 11.8. The van der Waals surface area contributed by atoms with Crippen LogP contribution in [0, 0.1) is 23.4 Å². The third kappa shape index (κ3) is 6.51. The van der Waals surface area contributed by atoms with E-state index in [9.17, 15) is 13.2 Å². The molecule has 8 heteroatoms. The zero-order valence-corrected chi connectivity index (χ0v) is 20.9. The normalized spacial score (nSPS) is 18.1. The Labute approximate surface area is 217 Å². The van der Waals surface area contributed by atoms with Crippen molar-refractivity contribution in [3.8, 4) is 16.9 Å². The molecule has 0 aliphatic heterocycles. The Balaban J connectivity index is 1.41. The third-order valence-electron chi connectivity index (χ3n) is 7.29. The number of ether oxygens (including phenoxy) is 1. The molecule has 0 N–H and O–H groups in total. The van der Waals surface area contributed by atoms with Gasteiger partial charge >= 0.3 is 6.61 Å². The van der Waals surface area contributed by atoms with Crippen LogP contribution in [0.25, 0.3) is 11.1 Å². The molecule has 1 nitrogen and oxygen atoms in total. The minimum atomic E-state index is -3.23. The molecule has 0 atom stereocenters. The minimum absolute atomic E-state index is 0.0479. The van der Waals surface area contributed by atoms with Crippen LogP contribution in [0.5, 0.6) is 5.75 Å². The van der Waals surface area contributed by atoms with E-state index in [0.29, 0.717) is 11.1 Å². The second-order valence-electron chi connectivity index (χ2n) is 9.93. The van der Waals surface area contributed by atoms with Gasteiger partial charge in [-0.05, 0) is 84.5 Å². The molecule has 0 bridgehead atoms. The molecular weight excluding hydrogens is 509 g/mol. The quantitative estimate of drug-likeness (QED) is 0.247. The molecule has 1 aliphatic rings. The smallest absolute Gasteiger partial charge is 0.387 e. The van der Waals surface area contributed by atoms with Gasteiger partial charge in [0.1, 0.15) is 11.6 Å². The van der Waals surface area contributed by atoms with E-state index in [2.05, 4.69) is 11.7 Å². The van der Waals surface area contributed by atoms with Crippen molar-refractivity contribution in [1.82, 2.24) is 0 Å². The second-order valence-corrected chi connectivity index (χ2v) is 9.93. The van der Waals surface area contributed by atoms with Crippen LogP contribution in [-0.2, 0) is 12.8 Å². The summed E-state index contributed by atoms with van der Waals surface area (Å²) in [5.41, 5.74) is 2.14. The van der Waals surface area contributed by atoms with Gasteiger partial charge in [-0.1, -0.05) is 43.7 Å². The first-order chi connectivity index (χ1) is 18.1. The summed E-state index contributed by atoms with van der Waals surface area (Å²) in [4.78, 5) is 0. The van der Waals surface area contributed by atoms with Gasteiger partial charge in [-0.2, -0.15) is 8.78 Å². The lowest BCUT2D eigenvalue weighted by Gasteiger charge is -2.34. The van der Waals surface area contributed by atoms with Crippen LogP contribution in [0.3, 0.4) is 0 Å². The van der Waals surface area contributed by atoms with Crippen LogP contribution in [0.1, 0.15) is 61.6 Å². The summed E-state index contributed by atoms with van der Waals surface area (Å²) in [5, 5.41) is 0. The Hall–Kier alpha value is -3.03. The molecule has 0 aromatic heterocycles. The van der Waals surface area contributed by atoms with Crippen molar-refractivity contribution >= 4 is 0 Å². The molecule has 1 aliphatic carbocycles. The van der Waals surface area contributed by atoms with Crippen molar-refractivity contribution in [2.75, 3.05) is 0 Å². The van der Waals surface area contributed by atoms with Crippen molar-refractivity contribution in [3.63, 3.8) is 0 Å². The van der Waals surface area contributed by atoms with E-state index in [0.717, 1.165) is 36.6 Å². The van der Waals surface area contributed by atoms with Crippen LogP contribution >= 0.6 is 0 Å². The Bertz CT molecular complexity index is 1210. The lowest BCUT2D eigenvalue weighted by Crippen LogP contribution is -2.34. The van der Waals surface area contributed by atoms with Gasteiger partial charge in [0.15, 0.2) is 11.6 Å². The zero-order valence-electron chi connectivity index (χ0n) is 20.9. The summed E-state index contributed by atoms with van der Waals surface area (Å²) >= 11 is 0. The maximum Gasteiger partial charge on any atom is 0.387 e. The summed E-state index contributed by atoms with van der Waals surface area (Å²) in [6.07, 6.45) is 1.61. The van der Waals surface area contributed by atoms with Gasteiger partial charge in [-0.3, -0.25) is 0 Å². The van der Waals surface area contributed by atoms with Crippen molar-refractivity contribution in [3.05, 3.63) is 88.7 Å². The van der Waals surface area contributed by atoms with Crippen LogP contribution in [0.2, 0.25) is 0 Å². The number of hydrogen-bond donors (Lipinski definition) is 0. The van der Waals surface area contributed by atoms with E-state index in [1.54, 1.807) is 0 Å². The summed E-state index contributed by atoms with van der Waals surface area (Å²) in [7, 11) is 0. The number of benzene rings is 3. The molecule has 0 radical (unpaired) electrons. The third-order valence-corrected chi connectivity index (χ3v) is 7.29. The first kappa shape index (κ1) is 28.0. The first-order valence-electron chi connectivity index (χ1n) is 12.8. The molecule has 0 heterocycles. The predicted molar refractivity (Wildman–Crippen MR) is 132 cm³/mol. The molecule has 1 fully saturated rings. The number of aryl methyl sites for hydroxylation is 1. The molecule has 3 aromatic rings. The Kier molecular flexibility index (Phi) is 8.68. The van der Waals surface area contributed by atoms with Crippen molar-refractivity contribution in [2.45, 2.75) is 70.3 Å². The average Bonchev–Trinajstić information content (AvgIpc) is 2.86. The maximum atomic E-state index is 15.1. The first-order valence-corrected chi connectivity index (χ1v) is 12.8. The Morgan fingerprint density at radius 2 is 1.39 bits per heavy atom. The summed E-state index contributed by atoms with van der Waals surface area (Å²) in [5.74, 6) is -8.00. The van der Waals surface area contributed by atoms with Gasteiger partial charge in [0.05, 0.1) is 0 Å². The van der Waals surface area contributed by atoms with Gasteiger partial charge in [0.25, 0.3) is 5.92 Å². The summed E-state index contributed by atoms with van der Waals surface area (Å²) in [6, 6.07) is 12.9. The monoisotopic (exact) mass is 538 g/mol. The highest BCUT2D eigenvalue weighted by molar-refractivity contribution is 5.64. The van der Waals surface area contributed by atoms with Crippen LogP contribution in [0.15, 0.2) is 54.6 Å². The summed E-state index contributed by atoms with van der Waals surface area (Å²) < 4.78 is 103. The predicted octanol–water partition coefficient (Wildman–Crippen LogP) is 9.48. The van der Waals surface area contributed by atoms with Gasteiger partial charge in [0.2, 0.25) is 0 Å². The van der Waals surface area contributed by atoms with Gasteiger partial charge < -0.3 is 4.74 Å². The van der Waals surface area contributed by atoms with Gasteiger partial charge in [0, 0.05) is 17.9 Å². The van der Waals surface area contributed by atoms with E-state index in [1.807, 2.05) is 24.3 Å². The Morgan fingerprint density at radius 3 is 1.95 bits per heavy atom. The van der Waals surface area contributed by atoms with Crippen molar-refractivity contribution in [1.29, 1.82) is 0 Å². The molecule has 0 saturated heterocycles. The average molecular weight is 539 g/mol. The molecule has 1 saturated carbocycles. The highest BCUT2D eigenvalue weighted by Gasteiger charge is 2.42. The number of alkyl halides is 4. The molecule has 38 heavy (non-hydrogen) atoms. The molecule has 0 spiro atoms. The molecule has 3 aromatic carbocycles. The molecular formula is C30H29F7O. The highest BCUT2D eigenvalue weighted by Crippen LogP contribution is 2.45. The van der Waals surface area contributed by atoms with Gasteiger partial charge in [-0.25, -0.2) is 22.0 Å². The standard InChI is InChI=1S/C30H29F7O/c1-2-3-18-4-7-20(8-5-18)22-15-25(32)28(26(33)16-22)21-9-11-23(12-10-21)30(36,37)17-19-6-13-27(24(31)14-19)38-29(34)35/h4-8,13-16,21,23,29H,2-3,9-12,17H2,1H3. The SMILES string of the molecule is CCCc1ccc(-c2cc(F)c(C3CCC(C(F)(F)Cc4ccc(OC(F)F)c(F)c4)CC3)c(F)c2)cc1. The fourth-order valence-corrected chi connectivity index (χ4v) is 5.36. The Morgan fingerprint density at radius 1 is 0.789 bits per heavy atom. The van der Waals surface area contributed by atoms with Crippen molar-refractivity contribution < 1.29 is 35.5 Å².